The molecule has 1 aliphatic carbocycles. The standard InChI is InChI=1S/C21H26N2O/c1-15(2)18-7-5-17(6-8-18)14-23(20-11-12-20)21(24)19-9-3-16(13-22)4-10-19/h3-10,15,20H,11-14,22H2,1-2H3. The minimum absolute atomic E-state index is 0.119. The first-order valence-corrected chi connectivity index (χ1v) is 8.77. The molecule has 0 bridgehead atoms. The van der Waals surface area contributed by atoms with Crippen LogP contribution >= 0.6 is 0 Å². The molecule has 2 aromatic rings. The number of hydrogen-bond donors (Lipinski definition) is 1. The lowest BCUT2D eigenvalue weighted by Gasteiger charge is -2.23. The number of rotatable bonds is 6. The van der Waals surface area contributed by atoms with Crippen LogP contribution in [0, 0.1) is 0 Å². The third kappa shape index (κ3) is 3.85. The predicted octanol–water partition coefficient (Wildman–Crippen LogP) is 4.07. The Labute approximate surface area is 144 Å². The Balaban J connectivity index is 1.75. The van der Waals surface area contributed by atoms with E-state index in [4.69, 9.17) is 5.73 Å². The second kappa shape index (κ2) is 7.18. The van der Waals surface area contributed by atoms with Crippen LogP contribution in [0.15, 0.2) is 48.5 Å². The minimum Gasteiger partial charge on any atom is -0.331 e. The van der Waals surface area contributed by atoms with Gasteiger partial charge < -0.3 is 10.6 Å². The van der Waals surface area contributed by atoms with Crippen molar-refractivity contribution >= 4 is 5.91 Å². The van der Waals surface area contributed by atoms with Gasteiger partial charge in [0.1, 0.15) is 0 Å². The van der Waals surface area contributed by atoms with Crippen LogP contribution < -0.4 is 5.73 Å². The van der Waals surface area contributed by atoms with Crippen molar-refractivity contribution in [1.82, 2.24) is 4.90 Å². The van der Waals surface area contributed by atoms with E-state index in [0.29, 0.717) is 25.0 Å². The van der Waals surface area contributed by atoms with Gasteiger partial charge in [0.15, 0.2) is 0 Å². The van der Waals surface area contributed by atoms with Crippen molar-refractivity contribution in [2.45, 2.75) is 51.7 Å². The van der Waals surface area contributed by atoms with E-state index in [1.807, 2.05) is 29.2 Å². The van der Waals surface area contributed by atoms with Crippen molar-refractivity contribution in [1.29, 1.82) is 0 Å². The van der Waals surface area contributed by atoms with Gasteiger partial charge in [0.05, 0.1) is 0 Å². The molecule has 0 heterocycles. The minimum atomic E-state index is 0.119. The van der Waals surface area contributed by atoms with Gasteiger partial charge in [-0.2, -0.15) is 0 Å². The van der Waals surface area contributed by atoms with Crippen molar-refractivity contribution < 1.29 is 4.79 Å². The Bertz CT molecular complexity index is 685. The van der Waals surface area contributed by atoms with Gasteiger partial charge in [0, 0.05) is 24.7 Å². The summed E-state index contributed by atoms with van der Waals surface area (Å²) >= 11 is 0. The molecule has 0 atom stereocenters. The first-order valence-electron chi connectivity index (χ1n) is 8.77. The Morgan fingerprint density at radius 3 is 2.12 bits per heavy atom. The first-order chi connectivity index (χ1) is 11.6. The molecule has 3 nitrogen and oxygen atoms in total. The van der Waals surface area contributed by atoms with Gasteiger partial charge in [-0.05, 0) is 47.6 Å². The summed E-state index contributed by atoms with van der Waals surface area (Å²) in [6, 6.07) is 16.7. The molecule has 0 radical (unpaired) electrons. The third-order valence-electron chi connectivity index (χ3n) is 4.68. The molecule has 0 unspecified atom stereocenters. The van der Waals surface area contributed by atoms with Gasteiger partial charge in [-0.1, -0.05) is 50.2 Å². The number of carbonyl (C=O) groups is 1. The average Bonchev–Trinajstić information content (AvgIpc) is 3.44. The number of benzene rings is 2. The van der Waals surface area contributed by atoms with E-state index in [0.717, 1.165) is 24.0 Å². The van der Waals surface area contributed by atoms with Gasteiger partial charge in [-0.25, -0.2) is 0 Å². The van der Waals surface area contributed by atoms with Crippen molar-refractivity contribution in [3.63, 3.8) is 0 Å². The zero-order valence-electron chi connectivity index (χ0n) is 14.5. The molecule has 126 valence electrons. The van der Waals surface area contributed by atoms with Gasteiger partial charge in [-0.3, -0.25) is 4.79 Å². The van der Waals surface area contributed by atoms with Crippen molar-refractivity contribution in [3.8, 4) is 0 Å². The monoisotopic (exact) mass is 322 g/mol. The summed E-state index contributed by atoms with van der Waals surface area (Å²) in [6.45, 7) is 5.57. The molecule has 0 saturated heterocycles. The third-order valence-corrected chi connectivity index (χ3v) is 4.68. The highest BCUT2D eigenvalue weighted by molar-refractivity contribution is 5.94. The van der Waals surface area contributed by atoms with E-state index in [1.165, 1.54) is 11.1 Å². The summed E-state index contributed by atoms with van der Waals surface area (Å²) in [5.74, 6) is 0.648. The molecule has 0 spiro atoms. The summed E-state index contributed by atoms with van der Waals surface area (Å²) in [5.41, 5.74) is 9.96. The lowest BCUT2D eigenvalue weighted by Crippen LogP contribution is -2.32. The Morgan fingerprint density at radius 2 is 1.62 bits per heavy atom. The van der Waals surface area contributed by atoms with E-state index in [1.54, 1.807) is 0 Å². The van der Waals surface area contributed by atoms with Crippen LogP contribution in [0.5, 0.6) is 0 Å². The molecule has 2 aromatic carbocycles. The van der Waals surface area contributed by atoms with Gasteiger partial charge in [-0.15, -0.1) is 0 Å². The zero-order chi connectivity index (χ0) is 17.1. The second-order valence-corrected chi connectivity index (χ2v) is 6.96. The molecular formula is C21H26N2O. The van der Waals surface area contributed by atoms with Crippen LogP contribution in [0.4, 0.5) is 0 Å². The van der Waals surface area contributed by atoms with Crippen molar-refractivity contribution in [2.75, 3.05) is 0 Å². The van der Waals surface area contributed by atoms with Crippen molar-refractivity contribution in [3.05, 3.63) is 70.8 Å². The van der Waals surface area contributed by atoms with Crippen LogP contribution in [-0.2, 0) is 13.1 Å². The summed E-state index contributed by atoms with van der Waals surface area (Å²) in [6.07, 6.45) is 2.22. The van der Waals surface area contributed by atoms with Crippen LogP contribution in [0.1, 0.15) is 59.7 Å². The fourth-order valence-electron chi connectivity index (χ4n) is 2.91. The summed E-state index contributed by atoms with van der Waals surface area (Å²) in [5, 5.41) is 0. The molecule has 1 fully saturated rings. The summed E-state index contributed by atoms with van der Waals surface area (Å²) in [7, 11) is 0. The smallest absolute Gasteiger partial charge is 0.254 e. The Hall–Kier alpha value is -2.13. The quantitative estimate of drug-likeness (QED) is 0.871. The lowest BCUT2D eigenvalue weighted by molar-refractivity contribution is 0.0730. The number of nitrogens with zero attached hydrogens (tertiary/aromatic N) is 1. The van der Waals surface area contributed by atoms with Crippen molar-refractivity contribution in [2.24, 2.45) is 5.73 Å². The molecule has 24 heavy (non-hydrogen) atoms. The maximum absolute atomic E-state index is 12.9. The predicted molar refractivity (Wildman–Crippen MR) is 97.8 cm³/mol. The molecule has 3 rings (SSSR count). The van der Waals surface area contributed by atoms with E-state index >= 15 is 0 Å². The highest BCUT2D eigenvalue weighted by Crippen LogP contribution is 2.30. The maximum atomic E-state index is 12.9. The van der Waals surface area contributed by atoms with Crippen LogP contribution in [0.25, 0.3) is 0 Å². The van der Waals surface area contributed by atoms with E-state index < -0.39 is 0 Å². The number of nitrogens with two attached hydrogens (primary N) is 1. The van der Waals surface area contributed by atoms with Gasteiger partial charge >= 0.3 is 0 Å². The average molecular weight is 322 g/mol. The summed E-state index contributed by atoms with van der Waals surface area (Å²) < 4.78 is 0. The highest BCUT2D eigenvalue weighted by atomic mass is 16.2. The van der Waals surface area contributed by atoms with Crippen LogP contribution in [0.3, 0.4) is 0 Å². The fraction of sp³-hybridized carbons (Fsp3) is 0.381. The van der Waals surface area contributed by atoms with E-state index in [-0.39, 0.29) is 5.91 Å². The van der Waals surface area contributed by atoms with E-state index in [2.05, 4.69) is 38.1 Å². The van der Waals surface area contributed by atoms with Crippen LogP contribution in [0.2, 0.25) is 0 Å². The zero-order valence-corrected chi connectivity index (χ0v) is 14.5. The lowest BCUT2D eigenvalue weighted by atomic mass is 10.0. The van der Waals surface area contributed by atoms with Gasteiger partial charge in [0.25, 0.3) is 5.91 Å². The number of carbonyl (C=O) groups excluding carboxylic acids is 1. The first kappa shape index (κ1) is 16.7. The fourth-order valence-corrected chi connectivity index (χ4v) is 2.91. The number of amides is 1. The van der Waals surface area contributed by atoms with Gasteiger partial charge in [0.2, 0.25) is 0 Å². The molecule has 1 aliphatic rings. The Morgan fingerprint density at radius 1 is 1.04 bits per heavy atom. The summed E-state index contributed by atoms with van der Waals surface area (Å²) in [4.78, 5) is 14.9. The van der Waals surface area contributed by atoms with E-state index in [9.17, 15) is 4.79 Å². The SMILES string of the molecule is CC(C)c1ccc(CN(C(=O)c2ccc(CN)cc2)C2CC2)cc1. The maximum Gasteiger partial charge on any atom is 0.254 e. The normalized spacial score (nSPS) is 14.0. The molecule has 1 saturated carbocycles. The second-order valence-electron chi connectivity index (χ2n) is 6.96. The molecule has 0 aromatic heterocycles. The Kier molecular flexibility index (Phi) is 5.00. The number of hydrogen-bond acceptors (Lipinski definition) is 2. The van der Waals surface area contributed by atoms with Crippen LogP contribution in [-0.4, -0.2) is 16.8 Å². The molecule has 2 N–H and O–H groups in total. The highest BCUT2D eigenvalue weighted by Gasteiger charge is 2.33. The molecule has 1 amide bonds. The molecule has 3 heteroatoms. The molecule has 0 aliphatic heterocycles. The topological polar surface area (TPSA) is 46.3 Å². The largest absolute Gasteiger partial charge is 0.331 e. The molecular weight excluding hydrogens is 296 g/mol.